The molecule has 3 N–H and O–H groups in total. The number of ether oxygens (including phenoxy) is 1. The van der Waals surface area contributed by atoms with Gasteiger partial charge in [-0.05, 0) is 58.0 Å². The van der Waals surface area contributed by atoms with Gasteiger partial charge in [0.15, 0.2) is 5.76 Å². The zero-order valence-corrected chi connectivity index (χ0v) is 26.1. The highest BCUT2D eigenvalue weighted by molar-refractivity contribution is 7.89. The van der Waals surface area contributed by atoms with Crippen molar-refractivity contribution in [1.29, 1.82) is 0 Å². The molecule has 0 bridgehead atoms. The summed E-state index contributed by atoms with van der Waals surface area (Å²) in [5.41, 5.74) is 2.88. The summed E-state index contributed by atoms with van der Waals surface area (Å²) in [6, 6.07) is 10.6. The fraction of sp³-hybridized carbons (Fsp3) is 0.433. The van der Waals surface area contributed by atoms with Crippen LogP contribution < -0.4 is 15.4 Å². The molecule has 0 saturated heterocycles. The summed E-state index contributed by atoms with van der Waals surface area (Å²) >= 11 is 0. The van der Waals surface area contributed by atoms with Crippen molar-refractivity contribution in [3.05, 3.63) is 65.0 Å². The number of aromatic nitrogens is 1. The summed E-state index contributed by atoms with van der Waals surface area (Å²) in [6.07, 6.45) is -0.678. The molecule has 0 unspecified atom stereocenters. The highest BCUT2D eigenvalue weighted by Gasteiger charge is 2.33. The number of amides is 3. The zero-order valence-electron chi connectivity index (χ0n) is 25.2. The molecule has 4 rings (SSSR count). The number of carbonyl (C=O) groups excluding carboxylic acids is 2. The van der Waals surface area contributed by atoms with Crippen molar-refractivity contribution in [1.82, 2.24) is 14.4 Å². The molecule has 0 fully saturated rings. The summed E-state index contributed by atoms with van der Waals surface area (Å²) in [5.74, 6) is 0.352. The Balaban J connectivity index is 1.62. The van der Waals surface area contributed by atoms with Gasteiger partial charge in [0.1, 0.15) is 23.2 Å². The van der Waals surface area contributed by atoms with E-state index in [1.54, 1.807) is 68.1 Å². The number of hydrogen-bond donors (Lipinski definition) is 3. The standard InChI is InChI=1S/C30H39N5O7S/c1-18-7-10-25(11-8-18)43(39,40)34(6)16-27-19(2)15-35(20(3)17-36)28(37)14-23-13-24(9-12-26(23)41-27)31-30(38)32-29-21(4)33-42-22(29)5/h7-13,19-20,27,36H,14-17H2,1-6H3,(H2,31,32,38)/t19-,20-,27+/m0/s1. The van der Waals surface area contributed by atoms with Gasteiger partial charge < -0.3 is 29.9 Å². The summed E-state index contributed by atoms with van der Waals surface area (Å²) in [7, 11) is -2.31. The van der Waals surface area contributed by atoms with Crippen LogP contribution >= 0.6 is 0 Å². The molecule has 2 heterocycles. The SMILES string of the molecule is Cc1ccc(S(=O)(=O)N(C)C[C@H]2Oc3ccc(NC(=O)Nc4c(C)noc4C)cc3CC(=O)N([C@@H](C)CO)C[C@@H]2C)cc1. The van der Waals surface area contributed by atoms with Crippen molar-refractivity contribution in [2.75, 3.05) is 37.4 Å². The Morgan fingerprint density at radius 2 is 1.86 bits per heavy atom. The smallest absolute Gasteiger partial charge is 0.323 e. The van der Waals surface area contributed by atoms with Crippen molar-refractivity contribution in [3.63, 3.8) is 0 Å². The van der Waals surface area contributed by atoms with E-state index in [4.69, 9.17) is 9.26 Å². The maximum Gasteiger partial charge on any atom is 0.323 e. The molecule has 0 spiro atoms. The summed E-state index contributed by atoms with van der Waals surface area (Å²) in [6.45, 7) is 8.97. The van der Waals surface area contributed by atoms with Crippen molar-refractivity contribution in [3.8, 4) is 5.75 Å². The third-order valence-corrected chi connectivity index (χ3v) is 9.45. The van der Waals surface area contributed by atoms with Crippen molar-refractivity contribution < 1.29 is 32.4 Å². The molecule has 3 amide bonds. The lowest BCUT2D eigenvalue weighted by atomic mass is 10.0. The van der Waals surface area contributed by atoms with Crippen LogP contribution in [0.4, 0.5) is 16.2 Å². The average Bonchev–Trinajstić information content (AvgIpc) is 3.29. The second-order valence-corrected chi connectivity index (χ2v) is 13.1. The molecular weight excluding hydrogens is 574 g/mol. The van der Waals surface area contributed by atoms with Crippen LogP contribution in [-0.2, 0) is 21.2 Å². The van der Waals surface area contributed by atoms with Gasteiger partial charge in [-0.15, -0.1) is 0 Å². The molecule has 0 aliphatic carbocycles. The van der Waals surface area contributed by atoms with Gasteiger partial charge in [0.2, 0.25) is 15.9 Å². The van der Waals surface area contributed by atoms with E-state index >= 15 is 0 Å². The third-order valence-electron chi connectivity index (χ3n) is 7.61. The maximum absolute atomic E-state index is 13.5. The Bertz CT molecular complexity index is 1550. The number of carbonyl (C=O) groups is 2. The number of benzene rings is 2. The highest BCUT2D eigenvalue weighted by Crippen LogP contribution is 2.30. The predicted molar refractivity (Wildman–Crippen MR) is 162 cm³/mol. The Hall–Kier alpha value is -3.94. The second kappa shape index (κ2) is 13.1. The minimum absolute atomic E-state index is 0.0200. The summed E-state index contributed by atoms with van der Waals surface area (Å²) < 4.78 is 39.6. The number of rotatable bonds is 8. The lowest BCUT2D eigenvalue weighted by Gasteiger charge is -2.33. The van der Waals surface area contributed by atoms with Crippen LogP contribution in [0.25, 0.3) is 0 Å². The quantitative estimate of drug-likeness (QED) is 0.347. The van der Waals surface area contributed by atoms with Crippen molar-refractivity contribution >= 4 is 33.3 Å². The molecule has 232 valence electrons. The first-order chi connectivity index (χ1) is 20.3. The lowest BCUT2D eigenvalue weighted by Crippen LogP contribution is -2.48. The number of nitrogens with zero attached hydrogens (tertiary/aromatic N) is 3. The first-order valence-electron chi connectivity index (χ1n) is 14.0. The van der Waals surface area contributed by atoms with Gasteiger partial charge in [0.25, 0.3) is 0 Å². The van der Waals surface area contributed by atoms with Gasteiger partial charge in [-0.25, -0.2) is 13.2 Å². The first-order valence-corrected chi connectivity index (χ1v) is 15.5. The van der Waals surface area contributed by atoms with Crippen LogP contribution in [0.5, 0.6) is 5.75 Å². The summed E-state index contributed by atoms with van der Waals surface area (Å²) in [5, 5.41) is 19.2. The van der Waals surface area contributed by atoms with Crippen LogP contribution in [0.3, 0.4) is 0 Å². The maximum atomic E-state index is 13.5. The molecule has 2 aromatic carbocycles. The lowest BCUT2D eigenvalue weighted by molar-refractivity contribution is -0.134. The fourth-order valence-electron chi connectivity index (χ4n) is 4.90. The van der Waals surface area contributed by atoms with Crippen LogP contribution in [0.15, 0.2) is 51.9 Å². The number of likely N-dealkylation sites (N-methyl/N-ethyl adjacent to an activating group) is 1. The van der Waals surface area contributed by atoms with E-state index in [1.807, 2.05) is 13.8 Å². The minimum Gasteiger partial charge on any atom is -0.488 e. The molecule has 0 saturated carbocycles. The van der Waals surface area contributed by atoms with Gasteiger partial charge in [-0.1, -0.05) is 29.8 Å². The Morgan fingerprint density at radius 3 is 2.49 bits per heavy atom. The van der Waals surface area contributed by atoms with Crippen LogP contribution in [0, 0.1) is 26.7 Å². The number of aryl methyl sites for hydroxylation is 3. The van der Waals surface area contributed by atoms with E-state index < -0.39 is 28.2 Å². The van der Waals surface area contributed by atoms with Gasteiger partial charge in [0.05, 0.1) is 30.5 Å². The largest absolute Gasteiger partial charge is 0.488 e. The van der Waals surface area contributed by atoms with Crippen molar-refractivity contribution in [2.24, 2.45) is 5.92 Å². The molecule has 1 aromatic heterocycles. The topological polar surface area (TPSA) is 154 Å². The Labute approximate surface area is 252 Å². The van der Waals surface area contributed by atoms with E-state index in [0.29, 0.717) is 34.1 Å². The number of aliphatic hydroxyl groups is 1. The zero-order chi connectivity index (χ0) is 31.5. The van der Waals surface area contributed by atoms with E-state index in [0.717, 1.165) is 5.56 Å². The molecule has 1 aliphatic rings. The number of sulfonamides is 1. The fourth-order valence-corrected chi connectivity index (χ4v) is 6.09. The molecule has 12 nitrogen and oxygen atoms in total. The van der Waals surface area contributed by atoms with E-state index in [2.05, 4.69) is 15.8 Å². The van der Waals surface area contributed by atoms with E-state index in [-0.39, 0.29) is 42.8 Å². The predicted octanol–water partition coefficient (Wildman–Crippen LogP) is 3.71. The van der Waals surface area contributed by atoms with E-state index in [1.165, 1.54) is 11.4 Å². The highest BCUT2D eigenvalue weighted by atomic mass is 32.2. The minimum atomic E-state index is -3.81. The molecule has 1 aliphatic heterocycles. The normalized spacial score (nSPS) is 18.2. The van der Waals surface area contributed by atoms with Gasteiger partial charge in [0, 0.05) is 30.8 Å². The summed E-state index contributed by atoms with van der Waals surface area (Å²) in [4.78, 5) is 28.0. The third kappa shape index (κ3) is 7.35. The number of urea groups is 1. The first kappa shape index (κ1) is 32.0. The molecule has 13 heteroatoms. The average molecular weight is 614 g/mol. The molecule has 3 atom stereocenters. The van der Waals surface area contributed by atoms with Crippen molar-refractivity contribution in [2.45, 2.75) is 58.1 Å². The van der Waals surface area contributed by atoms with Crippen LogP contribution in [0.2, 0.25) is 0 Å². The van der Waals surface area contributed by atoms with Crippen LogP contribution in [-0.4, -0.2) is 78.7 Å². The molecule has 0 radical (unpaired) electrons. The number of hydrogen-bond acceptors (Lipinski definition) is 8. The number of fused-ring (bicyclic) bond motifs is 1. The second-order valence-electron chi connectivity index (χ2n) is 11.1. The molecule has 43 heavy (non-hydrogen) atoms. The molecule has 3 aromatic rings. The van der Waals surface area contributed by atoms with Gasteiger partial charge in [-0.2, -0.15) is 4.31 Å². The van der Waals surface area contributed by atoms with Gasteiger partial charge in [-0.3, -0.25) is 4.79 Å². The van der Waals surface area contributed by atoms with Gasteiger partial charge >= 0.3 is 6.03 Å². The van der Waals surface area contributed by atoms with Crippen LogP contribution in [0.1, 0.15) is 36.4 Å². The van der Waals surface area contributed by atoms with E-state index in [9.17, 15) is 23.1 Å². The number of anilines is 2. The number of nitrogens with one attached hydrogen (secondary N) is 2. The Morgan fingerprint density at radius 1 is 1.16 bits per heavy atom. The molecular formula is C30H39N5O7S. The number of aliphatic hydroxyl groups excluding tert-OH is 1. The Kier molecular flexibility index (Phi) is 9.78. The monoisotopic (exact) mass is 613 g/mol.